The zero-order valence-electron chi connectivity index (χ0n) is 7.46. The van der Waals surface area contributed by atoms with Crippen LogP contribution in [0.5, 0.6) is 0 Å². The molecule has 0 aliphatic rings. The quantitative estimate of drug-likeness (QED) is 0.348. The van der Waals surface area contributed by atoms with E-state index < -0.39 is 18.8 Å². The summed E-state index contributed by atoms with van der Waals surface area (Å²) in [6.45, 7) is 0. The number of hydrogen-bond donors (Lipinski definition) is 0. The molecule has 0 heterocycles. The van der Waals surface area contributed by atoms with Gasteiger partial charge in [-0.25, -0.2) is 17.6 Å². The summed E-state index contributed by atoms with van der Waals surface area (Å²) in [7, 11) is 0. The van der Waals surface area contributed by atoms with Crippen molar-refractivity contribution < 1.29 is 17.6 Å². The Morgan fingerprint density at radius 1 is 1.00 bits per heavy atom. The fraction of sp³-hybridized carbons (Fsp3) is 1.00. The van der Waals surface area contributed by atoms with Gasteiger partial charge in [0.1, 0.15) is 0 Å². The molecule has 0 atom stereocenters. The van der Waals surface area contributed by atoms with Gasteiger partial charge in [-0.3, -0.25) is 0 Å². The van der Waals surface area contributed by atoms with Crippen LogP contribution in [-0.4, -0.2) is 16.1 Å². The largest absolute Gasteiger partial charge is 0.307 e. The summed E-state index contributed by atoms with van der Waals surface area (Å²) in [6, 6.07) is 0. The molecule has 14 heavy (non-hydrogen) atoms. The van der Waals surface area contributed by atoms with E-state index in [0.717, 1.165) is 12.8 Å². The van der Waals surface area contributed by atoms with E-state index in [1.807, 2.05) is 0 Å². The predicted molar refractivity (Wildman–Crippen MR) is 55.7 cm³/mol. The van der Waals surface area contributed by atoms with Crippen LogP contribution in [0.3, 0.4) is 0 Å². The lowest BCUT2D eigenvalue weighted by Crippen LogP contribution is -2.25. The topological polar surface area (TPSA) is 0 Å². The highest BCUT2D eigenvalue weighted by Gasteiger charge is 2.39. The molecule has 0 bridgehead atoms. The van der Waals surface area contributed by atoms with Gasteiger partial charge in [-0.1, -0.05) is 44.7 Å². The van der Waals surface area contributed by atoms with E-state index in [1.165, 1.54) is 0 Å². The maximum atomic E-state index is 12.4. The van der Waals surface area contributed by atoms with Gasteiger partial charge in [0.15, 0.2) is 0 Å². The Morgan fingerprint density at radius 3 is 2.00 bits per heavy atom. The molecule has 0 amide bonds. The van der Waals surface area contributed by atoms with E-state index in [-0.39, 0.29) is 10.2 Å². The smallest absolute Gasteiger partial charge is 0.204 e. The van der Waals surface area contributed by atoms with Crippen LogP contribution >= 0.6 is 31.9 Å². The van der Waals surface area contributed by atoms with Crippen molar-refractivity contribution in [3.63, 3.8) is 0 Å². The second-order valence-corrected chi connectivity index (χ2v) is 6.49. The Bertz CT molecular complexity index is 150. The average Bonchev–Trinajstić information content (AvgIpc) is 2.02. The fourth-order valence-electron chi connectivity index (χ4n) is 0.945. The molecule has 0 radical (unpaired) electrons. The highest BCUT2D eigenvalue weighted by molar-refractivity contribution is 9.24. The first kappa shape index (κ1) is 14.7. The number of unbranched alkanes of at least 4 members (excludes halogenated alkanes) is 2. The van der Waals surface area contributed by atoms with Crippen LogP contribution in [0.1, 0.15) is 32.1 Å². The molecule has 0 saturated heterocycles. The summed E-state index contributed by atoms with van der Waals surface area (Å²) >= 11 is 6.48. The molecular weight excluding hydrogens is 332 g/mol. The molecule has 0 nitrogen and oxygen atoms in total. The third kappa shape index (κ3) is 7.04. The zero-order valence-corrected chi connectivity index (χ0v) is 10.6. The normalized spacial score (nSPS) is 12.9. The van der Waals surface area contributed by atoms with Gasteiger partial charge >= 0.3 is 12.3 Å². The van der Waals surface area contributed by atoms with Crippen molar-refractivity contribution >= 4 is 31.9 Å². The first-order chi connectivity index (χ1) is 6.36. The summed E-state index contributed by atoms with van der Waals surface area (Å²) in [5.74, 6) is -3.82. The molecule has 0 aliphatic carbocycles. The van der Waals surface area contributed by atoms with E-state index in [4.69, 9.17) is 0 Å². The van der Waals surface area contributed by atoms with Crippen LogP contribution in [0.25, 0.3) is 0 Å². The molecule has 0 aromatic carbocycles. The van der Waals surface area contributed by atoms with Crippen molar-refractivity contribution in [2.75, 3.05) is 0 Å². The molecule has 0 spiro atoms. The summed E-state index contributed by atoms with van der Waals surface area (Å²) in [4.78, 5) is 0. The van der Waals surface area contributed by atoms with Gasteiger partial charge in [-0.2, -0.15) is 0 Å². The standard InChI is InChI=1S/C8H12Br2F4/c9-6(10)4-2-1-3-5-8(13,14)7(11)12/h6-7H,1-5H2. The second kappa shape index (κ2) is 7.04. The van der Waals surface area contributed by atoms with E-state index in [0.29, 0.717) is 6.42 Å². The minimum Gasteiger partial charge on any atom is -0.204 e. The first-order valence-electron chi connectivity index (χ1n) is 4.30. The number of halogens is 6. The molecule has 0 saturated carbocycles. The number of rotatable bonds is 7. The van der Waals surface area contributed by atoms with E-state index >= 15 is 0 Å². The maximum absolute atomic E-state index is 12.4. The minimum atomic E-state index is -3.82. The van der Waals surface area contributed by atoms with E-state index in [1.54, 1.807) is 0 Å². The third-order valence-corrected chi connectivity index (χ3v) is 2.67. The summed E-state index contributed by atoms with van der Waals surface area (Å²) < 4.78 is 48.3. The molecule has 0 aromatic heterocycles. The van der Waals surface area contributed by atoms with Crippen LogP contribution in [0, 0.1) is 0 Å². The Kier molecular flexibility index (Phi) is 7.38. The molecular formula is C8H12Br2F4. The van der Waals surface area contributed by atoms with Crippen molar-refractivity contribution in [2.45, 2.75) is 48.2 Å². The van der Waals surface area contributed by atoms with Crippen molar-refractivity contribution in [2.24, 2.45) is 0 Å². The Hall–Kier alpha value is 0.680. The Balaban J connectivity index is 3.45. The monoisotopic (exact) mass is 342 g/mol. The molecule has 6 heteroatoms. The fourth-order valence-corrected chi connectivity index (χ4v) is 1.59. The lowest BCUT2D eigenvalue weighted by atomic mass is 10.1. The maximum Gasteiger partial charge on any atom is 0.307 e. The van der Waals surface area contributed by atoms with E-state index in [9.17, 15) is 17.6 Å². The van der Waals surface area contributed by atoms with Crippen molar-refractivity contribution in [3.8, 4) is 0 Å². The first-order valence-corrected chi connectivity index (χ1v) is 6.13. The third-order valence-electron chi connectivity index (χ3n) is 1.75. The molecule has 0 fully saturated rings. The Morgan fingerprint density at radius 2 is 1.57 bits per heavy atom. The predicted octanol–water partition coefficient (Wildman–Crippen LogP) is 4.95. The highest BCUT2D eigenvalue weighted by atomic mass is 79.9. The molecule has 0 N–H and O–H groups in total. The molecule has 86 valence electrons. The van der Waals surface area contributed by atoms with Crippen molar-refractivity contribution in [3.05, 3.63) is 0 Å². The van der Waals surface area contributed by atoms with Gasteiger partial charge in [0.25, 0.3) is 0 Å². The van der Waals surface area contributed by atoms with Crippen LogP contribution in [0.4, 0.5) is 17.6 Å². The number of alkyl halides is 6. The zero-order chi connectivity index (χ0) is 11.2. The SMILES string of the molecule is FC(F)C(F)(F)CCCCCC(Br)Br. The van der Waals surface area contributed by atoms with Crippen LogP contribution in [0.2, 0.25) is 0 Å². The molecule has 0 unspecified atom stereocenters. The van der Waals surface area contributed by atoms with Crippen LogP contribution in [0.15, 0.2) is 0 Å². The molecule has 0 aromatic rings. The van der Waals surface area contributed by atoms with Gasteiger partial charge in [0.2, 0.25) is 0 Å². The lowest BCUT2D eigenvalue weighted by Gasteiger charge is -2.14. The van der Waals surface area contributed by atoms with Crippen molar-refractivity contribution in [1.82, 2.24) is 0 Å². The van der Waals surface area contributed by atoms with Crippen LogP contribution < -0.4 is 0 Å². The summed E-state index contributed by atoms with van der Waals surface area (Å²) in [6.07, 6.45) is -2.01. The van der Waals surface area contributed by atoms with Gasteiger partial charge in [-0.05, 0) is 12.8 Å². The number of hydrogen-bond acceptors (Lipinski definition) is 0. The van der Waals surface area contributed by atoms with E-state index in [2.05, 4.69) is 31.9 Å². The van der Waals surface area contributed by atoms with Gasteiger partial charge in [0, 0.05) is 6.42 Å². The van der Waals surface area contributed by atoms with Gasteiger partial charge in [-0.15, -0.1) is 0 Å². The Labute approximate surface area is 97.7 Å². The molecule has 0 rings (SSSR count). The average molecular weight is 344 g/mol. The van der Waals surface area contributed by atoms with Crippen molar-refractivity contribution in [1.29, 1.82) is 0 Å². The second-order valence-electron chi connectivity index (χ2n) is 3.05. The highest BCUT2D eigenvalue weighted by Crippen LogP contribution is 2.29. The summed E-state index contributed by atoms with van der Waals surface area (Å²) in [5.41, 5.74) is 0. The minimum absolute atomic E-state index is 0.143. The van der Waals surface area contributed by atoms with Gasteiger partial charge in [0.05, 0.1) is 3.74 Å². The lowest BCUT2D eigenvalue weighted by molar-refractivity contribution is -0.133. The van der Waals surface area contributed by atoms with Crippen LogP contribution in [-0.2, 0) is 0 Å². The molecule has 0 aliphatic heterocycles. The van der Waals surface area contributed by atoms with Gasteiger partial charge < -0.3 is 0 Å². The summed E-state index contributed by atoms with van der Waals surface area (Å²) in [5, 5.41) is 0.